The molecule has 1 aliphatic heterocycles. The fourth-order valence-electron chi connectivity index (χ4n) is 4.00. The first kappa shape index (κ1) is 26.3. The minimum Gasteiger partial charge on any atom is -0.494 e. The number of carbonyl (C=O) groups excluding carboxylic acids is 1. The van der Waals surface area contributed by atoms with Crippen LogP contribution in [0.25, 0.3) is 0 Å². The lowest BCUT2D eigenvalue weighted by Crippen LogP contribution is -2.39. The van der Waals surface area contributed by atoms with Gasteiger partial charge in [-0.3, -0.25) is 4.90 Å². The van der Waals surface area contributed by atoms with Crippen LogP contribution in [0.3, 0.4) is 0 Å². The van der Waals surface area contributed by atoms with E-state index in [0.29, 0.717) is 49.7 Å². The maximum absolute atomic E-state index is 14.4. The topological polar surface area (TPSA) is 88.5 Å². The van der Waals surface area contributed by atoms with E-state index < -0.39 is 23.5 Å². The summed E-state index contributed by atoms with van der Waals surface area (Å²) in [5, 5.41) is 10.1. The van der Waals surface area contributed by atoms with E-state index in [0.717, 1.165) is 5.56 Å². The number of amides is 1. The van der Waals surface area contributed by atoms with Crippen molar-refractivity contribution < 1.29 is 33.3 Å². The number of benzene rings is 2. The normalized spacial score (nSPS) is 13.9. The minimum absolute atomic E-state index is 0.0189. The summed E-state index contributed by atoms with van der Waals surface area (Å²) in [6.07, 6.45) is -0.105. The summed E-state index contributed by atoms with van der Waals surface area (Å²) in [7, 11) is 1.38. The number of ether oxygens (including phenoxy) is 3. The molecule has 8 nitrogen and oxygen atoms in total. The summed E-state index contributed by atoms with van der Waals surface area (Å²) in [6, 6.07) is 7.72. The number of halogens is 1. The van der Waals surface area contributed by atoms with Gasteiger partial charge in [0.1, 0.15) is 5.60 Å². The number of anilines is 2. The largest absolute Gasteiger partial charge is 0.494 e. The third-order valence-corrected chi connectivity index (χ3v) is 5.59. The number of carboxylic acids is 1. The first-order valence-electron chi connectivity index (χ1n) is 11.6. The van der Waals surface area contributed by atoms with Crippen LogP contribution >= 0.6 is 0 Å². The zero-order chi connectivity index (χ0) is 25.8. The molecule has 1 fully saturated rings. The van der Waals surface area contributed by atoms with Crippen molar-refractivity contribution in [2.24, 2.45) is 0 Å². The van der Waals surface area contributed by atoms with Crippen LogP contribution < -0.4 is 14.5 Å². The minimum atomic E-state index is -1.09. The molecule has 35 heavy (non-hydrogen) atoms. The number of hydrogen-bond acceptors (Lipinski definition) is 6. The molecule has 0 bridgehead atoms. The van der Waals surface area contributed by atoms with Gasteiger partial charge in [0.2, 0.25) is 0 Å². The average Bonchev–Trinajstić information content (AvgIpc) is 2.81. The standard InChI is InChI=1S/C26H33FN2O6/c1-6-18-14-19(15-20(24(30)31)23(18)28-9-11-34-12-10-28)29(25(32)35-26(2,3)4)16-17-7-8-22(33-5)21(27)13-17/h7-8,13-15H,6,9-12,16H2,1-5H3,(H,30,31). The molecule has 2 aromatic rings. The van der Waals surface area contributed by atoms with E-state index in [2.05, 4.69) is 0 Å². The maximum Gasteiger partial charge on any atom is 0.415 e. The molecular weight excluding hydrogens is 455 g/mol. The summed E-state index contributed by atoms with van der Waals surface area (Å²) in [5.74, 6) is -1.56. The molecule has 1 N–H and O–H groups in total. The number of methoxy groups -OCH3 is 1. The summed E-state index contributed by atoms with van der Waals surface area (Å²) in [6.45, 7) is 9.34. The molecular formula is C26H33FN2O6. The molecule has 0 atom stereocenters. The van der Waals surface area contributed by atoms with Crippen LogP contribution in [-0.4, -0.2) is 56.2 Å². The Kier molecular flexibility index (Phi) is 8.22. The molecule has 9 heteroatoms. The molecule has 3 rings (SSSR count). The van der Waals surface area contributed by atoms with Crippen molar-refractivity contribution in [2.45, 2.75) is 46.3 Å². The summed E-state index contributed by atoms with van der Waals surface area (Å²) < 4.78 is 30.4. The average molecular weight is 489 g/mol. The first-order valence-corrected chi connectivity index (χ1v) is 11.6. The van der Waals surface area contributed by atoms with Crippen molar-refractivity contribution in [3.63, 3.8) is 0 Å². The van der Waals surface area contributed by atoms with Crippen LogP contribution in [0.2, 0.25) is 0 Å². The number of aryl methyl sites for hydroxylation is 1. The third-order valence-electron chi connectivity index (χ3n) is 5.59. The fraction of sp³-hybridized carbons (Fsp3) is 0.462. The zero-order valence-corrected chi connectivity index (χ0v) is 20.9. The van der Waals surface area contributed by atoms with Gasteiger partial charge in [0, 0.05) is 18.8 Å². The van der Waals surface area contributed by atoms with E-state index in [4.69, 9.17) is 14.2 Å². The lowest BCUT2D eigenvalue weighted by Gasteiger charge is -2.33. The smallest absolute Gasteiger partial charge is 0.415 e. The van der Waals surface area contributed by atoms with E-state index in [-0.39, 0.29) is 17.9 Å². The number of carboxylic acid groups (broad SMARTS) is 1. The Bertz CT molecular complexity index is 1080. The van der Waals surface area contributed by atoms with Gasteiger partial charge in [-0.25, -0.2) is 14.0 Å². The van der Waals surface area contributed by atoms with Crippen LogP contribution in [0.4, 0.5) is 20.6 Å². The van der Waals surface area contributed by atoms with Gasteiger partial charge in [-0.05, 0) is 62.6 Å². The Morgan fingerprint density at radius 3 is 2.40 bits per heavy atom. The highest BCUT2D eigenvalue weighted by Crippen LogP contribution is 2.34. The number of carbonyl (C=O) groups is 2. The van der Waals surface area contributed by atoms with E-state index in [1.54, 1.807) is 32.9 Å². The van der Waals surface area contributed by atoms with Crippen LogP contribution in [0, 0.1) is 5.82 Å². The number of aromatic carboxylic acids is 1. The van der Waals surface area contributed by atoms with Crippen molar-refractivity contribution in [1.82, 2.24) is 0 Å². The molecule has 0 aromatic heterocycles. The van der Waals surface area contributed by atoms with Gasteiger partial charge in [0.25, 0.3) is 0 Å². The second-order valence-corrected chi connectivity index (χ2v) is 9.29. The molecule has 190 valence electrons. The lowest BCUT2D eigenvalue weighted by molar-refractivity contribution is 0.0575. The molecule has 0 saturated carbocycles. The molecule has 1 saturated heterocycles. The van der Waals surface area contributed by atoms with Crippen LogP contribution in [0.15, 0.2) is 30.3 Å². The van der Waals surface area contributed by atoms with Crippen molar-refractivity contribution in [1.29, 1.82) is 0 Å². The second-order valence-electron chi connectivity index (χ2n) is 9.29. The van der Waals surface area contributed by atoms with Crippen molar-refractivity contribution in [2.75, 3.05) is 43.2 Å². The third kappa shape index (κ3) is 6.42. The quantitative estimate of drug-likeness (QED) is 0.595. The summed E-state index contributed by atoms with van der Waals surface area (Å²) in [5.41, 5.74) is 1.60. The van der Waals surface area contributed by atoms with Gasteiger partial charge < -0.3 is 24.2 Å². The molecule has 0 radical (unpaired) electrons. The van der Waals surface area contributed by atoms with E-state index in [9.17, 15) is 19.1 Å². The predicted octanol–water partition coefficient (Wildman–Crippen LogP) is 4.87. The van der Waals surface area contributed by atoms with E-state index in [1.807, 2.05) is 11.8 Å². The Balaban J connectivity index is 2.10. The van der Waals surface area contributed by atoms with Gasteiger partial charge in [-0.2, -0.15) is 0 Å². The van der Waals surface area contributed by atoms with Crippen LogP contribution in [-0.2, 0) is 22.4 Å². The van der Waals surface area contributed by atoms with Gasteiger partial charge >= 0.3 is 12.1 Å². The monoisotopic (exact) mass is 488 g/mol. The molecule has 0 spiro atoms. The SMILES string of the molecule is CCc1cc(N(Cc2ccc(OC)c(F)c2)C(=O)OC(C)(C)C)cc(C(=O)O)c1N1CCOCC1. The Hall–Kier alpha value is -3.33. The lowest BCUT2D eigenvalue weighted by atomic mass is 10.0. The number of rotatable bonds is 7. The second kappa shape index (κ2) is 10.9. The molecule has 1 amide bonds. The Morgan fingerprint density at radius 1 is 1.17 bits per heavy atom. The summed E-state index contributed by atoms with van der Waals surface area (Å²) in [4.78, 5) is 28.9. The highest BCUT2D eigenvalue weighted by atomic mass is 19.1. The van der Waals surface area contributed by atoms with Crippen molar-refractivity contribution in [3.8, 4) is 5.75 Å². The summed E-state index contributed by atoms with van der Waals surface area (Å²) >= 11 is 0. The van der Waals surface area contributed by atoms with Gasteiger partial charge in [-0.15, -0.1) is 0 Å². The first-order chi connectivity index (χ1) is 16.5. The van der Waals surface area contributed by atoms with E-state index >= 15 is 0 Å². The Morgan fingerprint density at radius 2 is 1.86 bits per heavy atom. The molecule has 2 aromatic carbocycles. The van der Waals surface area contributed by atoms with Crippen molar-refractivity contribution in [3.05, 3.63) is 52.8 Å². The maximum atomic E-state index is 14.4. The molecule has 1 heterocycles. The van der Waals surface area contributed by atoms with E-state index in [1.165, 1.54) is 30.2 Å². The van der Waals surface area contributed by atoms with Gasteiger partial charge in [0.05, 0.1) is 38.1 Å². The predicted molar refractivity (Wildman–Crippen MR) is 131 cm³/mol. The highest BCUT2D eigenvalue weighted by Gasteiger charge is 2.28. The number of hydrogen-bond donors (Lipinski definition) is 1. The van der Waals surface area contributed by atoms with Crippen molar-refractivity contribution >= 4 is 23.4 Å². The van der Waals surface area contributed by atoms with Gasteiger partial charge in [0.15, 0.2) is 11.6 Å². The number of nitrogens with zero attached hydrogens (tertiary/aromatic N) is 2. The van der Waals surface area contributed by atoms with Crippen LogP contribution in [0.5, 0.6) is 5.75 Å². The highest BCUT2D eigenvalue weighted by molar-refractivity contribution is 5.99. The molecule has 1 aliphatic rings. The fourth-order valence-corrected chi connectivity index (χ4v) is 4.00. The van der Waals surface area contributed by atoms with Gasteiger partial charge in [-0.1, -0.05) is 13.0 Å². The molecule has 0 aliphatic carbocycles. The number of morpholine rings is 1. The Labute approximate surface area is 205 Å². The zero-order valence-electron chi connectivity index (χ0n) is 20.9. The molecule has 0 unspecified atom stereocenters. The van der Waals surface area contributed by atoms with Crippen LogP contribution in [0.1, 0.15) is 49.2 Å².